The predicted molar refractivity (Wildman–Crippen MR) is 79.7 cm³/mol. The van der Waals surface area contributed by atoms with Crippen molar-refractivity contribution >= 4 is 17.6 Å². The Morgan fingerprint density at radius 2 is 1.81 bits per heavy atom. The Bertz CT molecular complexity index is 663. The first-order chi connectivity index (χ1) is 9.99. The van der Waals surface area contributed by atoms with E-state index in [4.69, 9.17) is 5.11 Å². The molecule has 0 aliphatic rings. The SMILES string of the molecule is CC(C)c1ccc(NC(=O)c2ncccc2C(=O)O)cc1. The Morgan fingerprint density at radius 1 is 1.14 bits per heavy atom. The van der Waals surface area contributed by atoms with Gasteiger partial charge in [-0.3, -0.25) is 9.78 Å². The lowest BCUT2D eigenvalue weighted by molar-refractivity contribution is 0.0691. The summed E-state index contributed by atoms with van der Waals surface area (Å²) in [5.41, 5.74) is 1.55. The van der Waals surface area contributed by atoms with E-state index in [0.717, 1.165) is 5.56 Å². The summed E-state index contributed by atoms with van der Waals surface area (Å²) in [7, 11) is 0. The van der Waals surface area contributed by atoms with Gasteiger partial charge in [-0.25, -0.2) is 4.79 Å². The highest BCUT2D eigenvalue weighted by Crippen LogP contribution is 2.18. The molecule has 21 heavy (non-hydrogen) atoms. The molecule has 0 bridgehead atoms. The molecule has 0 atom stereocenters. The summed E-state index contributed by atoms with van der Waals surface area (Å²) in [6, 6.07) is 10.3. The highest BCUT2D eigenvalue weighted by molar-refractivity contribution is 6.09. The molecule has 5 heteroatoms. The smallest absolute Gasteiger partial charge is 0.338 e. The number of rotatable bonds is 4. The first-order valence-electron chi connectivity index (χ1n) is 6.58. The van der Waals surface area contributed by atoms with E-state index in [2.05, 4.69) is 24.1 Å². The summed E-state index contributed by atoms with van der Waals surface area (Å²) >= 11 is 0. The van der Waals surface area contributed by atoms with E-state index in [1.807, 2.05) is 12.1 Å². The number of carboxylic acids is 1. The summed E-state index contributed by atoms with van der Waals surface area (Å²) in [5.74, 6) is -1.31. The van der Waals surface area contributed by atoms with E-state index in [-0.39, 0.29) is 11.3 Å². The van der Waals surface area contributed by atoms with Crippen molar-refractivity contribution in [2.75, 3.05) is 5.32 Å². The van der Waals surface area contributed by atoms with Gasteiger partial charge in [0.2, 0.25) is 0 Å². The van der Waals surface area contributed by atoms with Gasteiger partial charge in [-0.2, -0.15) is 0 Å². The Balaban J connectivity index is 2.20. The van der Waals surface area contributed by atoms with Crippen LogP contribution in [0.15, 0.2) is 42.6 Å². The van der Waals surface area contributed by atoms with Crippen LogP contribution in [0.5, 0.6) is 0 Å². The number of carbonyl (C=O) groups excluding carboxylic acids is 1. The molecule has 0 aliphatic heterocycles. The Kier molecular flexibility index (Phi) is 4.33. The predicted octanol–water partition coefficient (Wildman–Crippen LogP) is 3.16. The zero-order valence-corrected chi connectivity index (χ0v) is 11.8. The molecule has 1 amide bonds. The van der Waals surface area contributed by atoms with E-state index in [1.165, 1.54) is 18.3 Å². The van der Waals surface area contributed by atoms with Crippen LogP contribution in [0.3, 0.4) is 0 Å². The third kappa shape index (κ3) is 3.45. The molecule has 2 N–H and O–H groups in total. The van der Waals surface area contributed by atoms with Crippen LogP contribution in [0.25, 0.3) is 0 Å². The van der Waals surface area contributed by atoms with Crippen LogP contribution in [0, 0.1) is 0 Å². The standard InChI is InChI=1S/C16H16N2O3/c1-10(2)11-5-7-12(8-6-11)18-15(19)14-13(16(20)21)4-3-9-17-14/h3-10H,1-2H3,(H,18,19)(H,20,21). The van der Waals surface area contributed by atoms with Gasteiger partial charge >= 0.3 is 5.97 Å². The minimum Gasteiger partial charge on any atom is -0.478 e. The second kappa shape index (κ2) is 6.17. The van der Waals surface area contributed by atoms with E-state index in [0.29, 0.717) is 11.6 Å². The molecule has 0 aliphatic carbocycles. The van der Waals surface area contributed by atoms with Crippen molar-refractivity contribution in [3.8, 4) is 0 Å². The van der Waals surface area contributed by atoms with Crippen molar-refractivity contribution in [3.05, 3.63) is 59.4 Å². The molecule has 1 aromatic carbocycles. The molecule has 5 nitrogen and oxygen atoms in total. The number of carboxylic acid groups (broad SMARTS) is 1. The zero-order valence-electron chi connectivity index (χ0n) is 11.8. The van der Waals surface area contributed by atoms with Crippen molar-refractivity contribution in [2.45, 2.75) is 19.8 Å². The maximum absolute atomic E-state index is 12.1. The summed E-state index contributed by atoms with van der Waals surface area (Å²) in [6.45, 7) is 4.17. The third-order valence-corrected chi connectivity index (χ3v) is 3.09. The number of benzene rings is 1. The van der Waals surface area contributed by atoms with Gasteiger partial charge in [0.1, 0.15) is 5.69 Å². The number of nitrogens with one attached hydrogen (secondary N) is 1. The molecule has 108 valence electrons. The first kappa shape index (κ1) is 14.7. The van der Waals surface area contributed by atoms with Gasteiger partial charge in [0.05, 0.1) is 5.56 Å². The number of anilines is 1. The number of amides is 1. The second-order valence-corrected chi connectivity index (χ2v) is 4.94. The number of aromatic carboxylic acids is 1. The number of hydrogen-bond donors (Lipinski definition) is 2. The molecule has 1 aromatic heterocycles. The van der Waals surface area contributed by atoms with E-state index in [9.17, 15) is 9.59 Å². The average molecular weight is 284 g/mol. The van der Waals surface area contributed by atoms with Gasteiger partial charge in [-0.1, -0.05) is 26.0 Å². The molecule has 0 spiro atoms. The van der Waals surface area contributed by atoms with Gasteiger partial charge in [-0.15, -0.1) is 0 Å². The fourth-order valence-electron chi connectivity index (χ4n) is 1.90. The second-order valence-electron chi connectivity index (χ2n) is 4.94. The maximum atomic E-state index is 12.1. The van der Waals surface area contributed by atoms with Crippen molar-refractivity contribution in [3.63, 3.8) is 0 Å². The van der Waals surface area contributed by atoms with Gasteiger partial charge < -0.3 is 10.4 Å². The fourth-order valence-corrected chi connectivity index (χ4v) is 1.90. The number of carbonyl (C=O) groups is 2. The fraction of sp³-hybridized carbons (Fsp3) is 0.188. The normalized spacial score (nSPS) is 10.4. The lowest BCUT2D eigenvalue weighted by atomic mass is 10.0. The number of hydrogen-bond acceptors (Lipinski definition) is 3. The topological polar surface area (TPSA) is 79.3 Å². The van der Waals surface area contributed by atoms with Gasteiger partial charge in [-0.05, 0) is 35.7 Å². The Morgan fingerprint density at radius 3 is 2.38 bits per heavy atom. The van der Waals surface area contributed by atoms with Crippen LogP contribution in [0.2, 0.25) is 0 Å². The first-order valence-corrected chi connectivity index (χ1v) is 6.58. The van der Waals surface area contributed by atoms with Crippen LogP contribution in [-0.2, 0) is 0 Å². The van der Waals surface area contributed by atoms with Crippen molar-refractivity contribution in [2.24, 2.45) is 0 Å². The molecular formula is C16H16N2O3. The van der Waals surface area contributed by atoms with Crippen LogP contribution >= 0.6 is 0 Å². The van der Waals surface area contributed by atoms with Crippen LogP contribution in [0.4, 0.5) is 5.69 Å². The molecule has 0 saturated carbocycles. The Hall–Kier alpha value is -2.69. The maximum Gasteiger partial charge on any atom is 0.338 e. The molecular weight excluding hydrogens is 268 g/mol. The Labute approximate surface area is 122 Å². The molecule has 2 rings (SSSR count). The summed E-state index contributed by atoms with van der Waals surface area (Å²) in [4.78, 5) is 27.0. The number of aromatic nitrogens is 1. The van der Waals surface area contributed by atoms with E-state index < -0.39 is 11.9 Å². The van der Waals surface area contributed by atoms with Crippen LogP contribution in [0.1, 0.15) is 46.2 Å². The minimum absolute atomic E-state index is 0.0991. The average Bonchev–Trinajstić information content (AvgIpc) is 2.47. The van der Waals surface area contributed by atoms with Crippen LogP contribution in [-0.4, -0.2) is 22.0 Å². The third-order valence-electron chi connectivity index (χ3n) is 3.09. The van der Waals surface area contributed by atoms with Crippen molar-refractivity contribution in [1.82, 2.24) is 4.98 Å². The minimum atomic E-state index is -1.18. The summed E-state index contributed by atoms with van der Waals surface area (Å²) in [5, 5.41) is 11.7. The summed E-state index contributed by atoms with van der Waals surface area (Å²) in [6.07, 6.45) is 1.39. The highest BCUT2D eigenvalue weighted by atomic mass is 16.4. The van der Waals surface area contributed by atoms with E-state index in [1.54, 1.807) is 12.1 Å². The lowest BCUT2D eigenvalue weighted by Gasteiger charge is -2.09. The molecule has 2 aromatic rings. The number of pyridine rings is 1. The van der Waals surface area contributed by atoms with Crippen molar-refractivity contribution in [1.29, 1.82) is 0 Å². The van der Waals surface area contributed by atoms with Crippen molar-refractivity contribution < 1.29 is 14.7 Å². The quantitative estimate of drug-likeness (QED) is 0.903. The highest BCUT2D eigenvalue weighted by Gasteiger charge is 2.17. The zero-order chi connectivity index (χ0) is 15.4. The largest absolute Gasteiger partial charge is 0.478 e. The monoisotopic (exact) mass is 284 g/mol. The van der Waals surface area contributed by atoms with Gasteiger partial charge in [0, 0.05) is 11.9 Å². The van der Waals surface area contributed by atoms with Crippen LogP contribution < -0.4 is 5.32 Å². The molecule has 1 heterocycles. The van der Waals surface area contributed by atoms with Gasteiger partial charge in [0.15, 0.2) is 0 Å². The molecule has 0 saturated heterocycles. The van der Waals surface area contributed by atoms with E-state index >= 15 is 0 Å². The molecule has 0 unspecified atom stereocenters. The lowest BCUT2D eigenvalue weighted by Crippen LogP contribution is -2.18. The summed E-state index contributed by atoms with van der Waals surface area (Å²) < 4.78 is 0. The number of nitrogens with zero attached hydrogens (tertiary/aromatic N) is 1. The molecule has 0 fully saturated rings. The molecule has 0 radical (unpaired) electrons. The van der Waals surface area contributed by atoms with Gasteiger partial charge in [0.25, 0.3) is 5.91 Å².